The number of halogens is 2. The third kappa shape index (κ3) is 2.57. The molecule has 2 rings (SSSR count). The normalized spacial score (nSPS) is 10.2. The van der Waals surface area contributed by atoms with Gasteiger partial charge in [-0.15, -0.1) is 0 Å². The van der Waals surface area contributed by atoms with Gasteiger partial charge < -0.3 is 4.98 Å². The lowest BCUT2D eigenvalue weighted by atomic mass is 10.1. The first-order valence-electron chi connectivity index (χ1n) is 4.75. The fraction of sp³-hybridized carbons (Fsp3) is 0. The maximum atomic E-state index is 11.7. The second-order valence-corrected chi connectivity index (χ2v) is 4.31. The van der Waals surface area contributed by atoms with Crippen molar-refractivity contribution >= 4 is 29.5 Å². The molecular formula is C12H7Cl2NO2. The van der Waals surface area contributed by atoms with Crippen LogP contribution in [0.1, 0.15) is 10.5 Å². The summed E-state index contributed by atoms with van der Waals surface area (Å²) in [4.78, 5) is 24.7. The molecule has 0 radical (unpaired) electrons. The van der Waals surface area contributed by atoms with Crippen molar-refractivity contribution in [2.75, 3.05) is 0 Å². The highest BCUT2D eigenvalue weighted by Gasteiger charge is 2.06. The molecule has 0 fully saturated rings. The van der Waals surface area contributed by atoms with Gasteiger partial charge in [0, 0.05) is 15.6 Å². The van der Waals surface area contributed by atoms with Gasteiger partial charge in [-0.2, -0.15) is 0 Å². The molecule has 0 aliphatic carbocycles. The number of pyridine rings is 1. The maximum Gasteiger partial charge on any atom is 0.256 e. The molecule has 0 saturated heterocycles. The molecule has 0 aliphatic heterocycles. The predicted molar refractivity (Wildman–Crippen MR) is 67.9 cm³/mol. The number of aromatic nitrogens is 1. The summed E-state index contributed by atoms with van der Waals surface area (Å²) in [6.45, 7) is 0. The molecule has 0 aliphatic rings. The van der Waals surface area contributed by atoms with Crippen LogP contribution in [0.4, 0.5) is 0 Å². The van der Waals surface area contributed by atoms with E-state index in [0.717, 1.165) is 0 Å². The predicted octanol–water partition coefficient (Wildman–Crippen LogP) is 3.16. The second kappa shape index (κ2) is 4.73. The van der Waals surface area contributed by atoms with Gasteiger partial charge in [-0.1, -0.05) is 23.2 Å². The average molecular weight is 268 g/mol. The lowest BCUT2D eigenvalue weighted by molar-refractivity contribution is 0.111. The van der Waals surface area contributed by atoms with E-state index in [9.17, 15) is 9.59 Å². The van der Waals surface area contributed by atoms with E-state index in [1.807, 2.05) is 0 Å². The Morgan fingerprint density at radius 2 is 1.71 bits per heavy atom. The molecule has 1 aromatic heterocycles. The van der Waals surface area contributed by atoms with E-state index in [2.05, 4.69) is 4.98 Å². The summed E-state index contributed by atoms with van der Waals surface area (Å²) < 4.78 is 0. The molecule has 2 aromatic rings. The number of rotatable bonds is 2. The summed E-state index contributed by atoms with van der Waals surface area (Å²) in [5, 5.41) is 0.901. The molecule has 0 amide bonds. The van der Waals surface area contributed by atoms with E-state index in [1.54, 1.807) is 24.3 Å². The van der Waals surface area contributed by atoms with E-state index in [1.165, 1.54) is 6.07 Å². The number of benzene rings is 1. The van der Waals surface area contributed by atoms with Crippen LogP contribution in [0.5, 0.6) is 0 Å². The van der Waals surface area contributed by atoms with Crippen LogP contribution in [0.3, 0.4) is 0 Å². The average Bonchev–Trinajstić information content (AvgIpc) is 2.27. The van der Waals surface area contributed by atoms with Crippen molar-refractivity contribution in [1.82, 2.24) is 4.98 Å². The van der Waals surface area contributed by atoms with Gasteiger partial charge in [0.2, 0.25) is 0 Å². The van der Waals surface area contributed by atoms with Crippen LogP contribution < -0.4 is 5.56 Å². The number of carbonyl (C=O) groups is 1. The van der Waals surface area contributed by atoms with Crippen LogP contribution >= 0.6 is 23.2 Å². The van der Waals surface area contributed by atoms with E-state index in [-0.39, 0.29) is 11.3 Å². The Hall–Kier alpha value is -1.58. The van der Waals surface area contributed by atoms with Crippen LogP contribution in [-0.4, -0.2) is 11.3 Å². The minimum atomic E-state index is -0.354. The molecule has 0 saturated carbocycles. The van der Waals surface area contributed by atoms with Gasteiger partial charge in [-0.25, -0.2) is 0 Å². The number of H-pyrrole nitrogens is 1. The topological polar surface area (TPSA) is 49.9 Å². The summed E-state index contributed by atoms with van der Waals surface area (Å²) in [5.74, 6) is 0. The molecule has 0 spiro atoms. The molecule has 17 heavy (non-hydrogen) atoms. The zero-order valence-electron chi connectivity index (χ0n) is 8.54. The lowest BCUT2D eigenvalue weighted by Gasteiger charge is -2.02. The van der Waals surface area contributed by atoms with Crippen molar-refractivity contribution in [3.8, 4) is 11.1 Å². The number of hydrogen-bond donors (Lipinski definition) is 1. The van der Waals surface area contributed by atoms with Gasteiger partial charge in [0.05, 0.1) is 5.69 Å². The van der Waals surface area contributed by atoms with Gasteiger partial charge in [0.1, 0.15) is 0 Å². The first kappa shape index (κ1) is 11.9. The van der Waals surface area contributed by atoms with Gasteiger partial charge in [-0.05, 0) is 35.9 Å². The van der Waals surface area contributed by atoms with Gasteiger partial charge in [0.25, 0.3) is 5.56 Å². The molecule has 86 valence electrons. The molecule has 1 heterocycles. The number of hydrogen-bond acceptors (Lipinski definition) is 2. The SMILES string of the molecule is O=Cc1ccc(-c2cc(Cl)cc(Cl)c2)c(=O)[nH]1. The first-order valence-corrected chi connectivity index (χ1v) is 5.51. The van der Waals surface area contributed by atoms with Crippen molar-refractivity contribution in [2.24, 2.45) is 0 Å². The highest BCUT2D eigenvalue weighted by atomic mass is 35.5. The van der Waals surface area contributed by atoms with Crippen molar-refractivity contribution < 1.29 is 4.79 Å². The zero-order chi connectivity index (χ0) is 12.4. The quantitative estimate of drug-likeness (QED) is 0.850. The Morgan fingerprint density at radius 1 is 1.06 bits per heavy atom. The summed E-state index contributed by atoms with van der Waals surface area (Å²) in [6, 6.07) is 7.95. The largest absolute Gasteiger partial charge is 0.319 e. The van der Waals surface area contributed by atoms with Crippen LogP contribution in [0, 0.1) is 0 Å². The standard InChI is InChI=1S/C12H7Cl2NO2/c13-8-3-7(4-9(14)5-8)11-2-1-10(6-16)15-12(11)17/h1-6H,(H,15,17). The summed E-state index contributed by atoms with van der Waals surface area (Å²) in [6.07, 6.45) is 0.579. The Kier molecular flexibility index (Phi) is 3.31. The molecule has 1 aromatic carbocycles. The third-order valence-electron chi connectivity index (χ3n) is 2.23. The summed E-state index contributed by atoms with van der Waals surface area (Å²) in [7, 11) is 0. The third-order valence-corrected chi connectivity index (χ3v) is 2.67. The van der Waals surface area contributed by atoms with E-state index in [0.29, 0.717) is 27.5 Å². The highest BCUT2D eigenvalue weighted by molar-refractivity contribution is 6.35. The number of aldehydes is 1. The molecule has 0 unspecified atom stereocenters. The number of nitrogens with one attached hydrogen (secondary N) is 1. The molecule has 3 nitrogen and oxygen atoms in total. The van der Waals surface area contributed by atoms with Crippen LogP contribution in [0.2, 0.25) is 10.0 Å². The Labute approximate surface area is 107 Å². The molecule has 0 bridgehead atoms. The van der Waals surface area contributed by atoms with Crippen LogP contribution in [0.25, 0.3) is 11.1 Å². The van der Waals surface area contributed by atoms with Crippen molar-refractivity contribution in [3.63, 3.8) is 0 Å². The Morgan fingerprint density at radius 3 is 2.24 bits per heavy atom. The molecular weight excluding hydrogens is 261 g/mol. The monoisotopic (exact) mass is 267 g/mol. The summed E-state index contributed by atoms with van der Waals surface area (Å²) >= 11 is 11.7. The number of carbonyl (C=O) groups excluding carboxylic acids is 1. The molecule has 0 atom stereocenters. The molecule has 1 N–H and O–H groups in total. The Balaban J connectivity index is 2.60. The van der Waals surface area contributed by atoms with E-state index in [4.69, 9.17) is 23.2 Å². The van der Waals surface area contributed by atoms with Crippen molar-refractivity contribution in [1.29, 1.82) is 0 Å². The van der Waals surface area contributed by atoms with Crippen LogP contribution in [0.15, 0.2) is 35.1 Å². The van der Waals surface area contributed by atoms with E-state index < -0.39 is 0 Å². The lowest BCUT2D eigenvalue weighted by Crippen LogP contribution is -2.10. The fourth-order valence-corrected chi connectivity index (χ4v) is 2.02. The van der Waals surface area contributed by atoms with E-state index >= 15 is 0 Å². The van der Waals surface area contributed by atoms with Crippen molar-refractivity contribution in [3.05, 3.63) is 56.4 Å². The Bertz CT molecular complexity index is 614. The second-order valence-electron chi connectivity index (χ2n) is 3.43. The highest BCUT2D eigenvalue weighted by Crippen LogP contribution is 2.25. The van der Waals surface area contributed by atoms with Crippen LogP contribution in [-0.2, 0) is 0 Å². The molecule has 5 heteroatoms. The van der Waals surface area contributed by atoms with Gasteiger partial charge in [-0.3, -0.25) is 9.59 Å². The van der Waals surface area contributed by atoms with Crippen molar-refractivity contribution in [2.45, 2.75) is 0 Å². The maximum absolute atomic E-state index is 11.7. The smallest absolute Gasteiger partial charge is 0.256 e. The van der Waals surface area contributed by atoms with Gasteiger partial charge in [0.15, 0.2) is 6.29 Å². The first-order chi connectivity index (χ1) is 8.10. The number of aromatic amines is 1. The zero-order valence-corrected chi connectivity index (χ0v) is 10.0. The minimum absolute atomic E-state index is 0.229. The minimum Gasteiger partial charge on any atom is -0.319 e. The summed E-state index contributed by atoms with van der Waals surface area (Å²) in [5.41, 5.74) is 0.904. The fourth-order valence-electron chi connectivity index (χ4n) is 1.49. The van der Waals surface area contributed by atoms with Gasteiger partial charge >= 0.3 is 0 Å².